The molecule has 0 aliphatic carbocycles. The summed E-state index contributed by atoms with van der Waals surface area (Å²) in [5.74, 6) is -0.136. The molecule has 0 heterocycles. The smallest absolute Gasteiger partial charge is 0.305 e. The molecule has 0 aliphatic rings. The fourth-order valence-electron chi connectivity index (χ4n) is 5.20. The van der Waals surface area contributed by atoms with Gasteiger partial charge in [-0.2, -0.15) is 0 Å². The molecule has 2 unspecified atom stereocenters. The van der Waals surface area contributed by atoms with Gasteiger partial charge in [0.2, 0.25) is 0 Å². The number of aliphatic hydroxyl groups excluding tert-OH is 2. The van der Waals surface area contributed by atoms with Crippen molar-refractivity contribution < 1.29 is 43.6 Å². The van der Waals surface area contributed by atoms with Crippen LogP contribution in [0.2, 0.25) is 0 Å². The highest BCUT2D eigenvalue weighted by Crippen LogP contribution is 2.15. The van der Waals surface area contributed by atoms with Crippen molar-refractivity contribution in [2.75, 3.05) is 21.3 Å². The van der Waals surface area contributed by atoms with Gasteiger partial charge in [0, 0.05) is 25.7 Å². The average molecular weight is 703 g/mol. The van der Waals surface area contributed by atoms with Crippen molar-refractivity contribution in [2.45, 2.75) is 213 Å². The Morgan fingerprint density at radius 3 is 0.918 bits per heavy atom. The number of hydrogen-bond donors (Lipinski definition) is 2. The van der Waals surface area contributed by atoms with Gasteiger partial charge in [0.15, 0.2) is 0 Å². The number of carbonyl (C=O) groups is 4. The number of rotatable bonds is 31. The van der Waals surface area contributed by atoms with Gasteiger partial charge in [-0.1, -0.05) is 129 Å². The predicted molar refractivity (Wildman–Crippen MR) is 199 cm³/mol. The molecule has 0 aromatic rings. The van der Waals surface area contributed by atoms with Gasteiger partial charge in [-0.15, -0.1) is 0 Å². The Morgan fingerprint density at radius 1 is 0.408 bits per heavy atom. The van der Waals surface area contributed by atoms with Gasteiger partial charge in [-0.05, 0) is 45.4 Å². The maximum atomic E-state index is 10.9. The van der Waals surface area contributed by atoms with Crippen LogP contribution < -0.4 is 0 Å². The quantitative estimate of drug-likeness (QED) is 0.0411. The lowest BCUT2D eigenvalue weighted by atomic mass is 9.99. The summed E-state index contributed by atoms with van der Waals surface area (Å²) in [4.78, 5) is 42.9. The van der Waals surface area contributed by atoms with Crippen LogP contribution in [0.1, 0.15) is 201 Å². The molecule has 0 saturated heterocycles. The summed E-state index contributed by atoms with van der Waals surface area (Å²) in [5.41, 5.74) is 0. The highest BCUT2D eigenvalue weighted by Gasteiger charge is 2.15. The van der Waals surface area contributed by atoms with E-state index in [-0.39, 0.29) is 23.7 Å². The molecule has 2 N–H and O–H groups in total. The van der Waals surface area contributed by atoms with Crippen molar-refractivity contribution in [1.82, 2.24) is 0 Å². The van der Waals surface area contributed by atoms with Gasteiger partial charge >= 0.3 is 17.9 Å². The second kappa shape index (κ2) is 42.2. The van der Waals surface area contributed by atoms with E-state index < -0.39 is 12.2 Å². The minimum atomic E-state index is -0.601. The number of ketones is 1. The van der Waals surface area contributed by atoms with Gasteiger partial charge in [0.1, 0.15) is 5.78 Å². The van der Waals surface area contributed by atoms with E-state index in [0.717, 1.165) is 70.6 Å². The van der Waals surface area contributed by atoms with Gasteiger partial charge in [-0.3, -0.25) is 14.4 Å². The molecule has 0 aliphatic heterocycles. The Labute approximate surface area is 301 Å². The van der Waals surface area contributed by atoms with Gasteiger partial charge < -0.3 is 29.2 Å². The number of carbonyl (C=O) groups excluding carboxylic acids is 4. The second-order valence-electron chi connectivity index (χ2n) is 13.2. The summed E-state index contributed by atoms with van der Waals surface area (Å²) in [5, 5.41) is 19.9. The van der Waals surface area contributed by atoms with Gasteiger partial charge in [-0.25, -0.2) is 0 Å². The maximum Gasteiger partial charge on any atom is 0.305 e. The first-order valence-electron chi connectivity index (χ1n) is 19.6. The van der Waals surface area contributed by atoms with Gasteiger partial charge in [0.05, 0.1) is 33.5 Å². The third-order valence-corrected chi connectivity index (χ3v) is 8.51. The van der Waals surface area contributed by atoms with Crippen LogP contribution in [0.25, 0.3) is 0 Å². The second-order valence-corrected chi connectivity index (χ2v) is 13.2. The van der Waals surface area contributed by atoms with Crippen molar-refractivity contribution in [3.05, 3.63) is 0 Å². The lowest BCUT2D eigenvalue weighted by molar-refractivity contribution is -0.141. The zero-order chi connectivity index (χ0) is 37.4. The normalized spacial score (nSPS) is 11.7. The summed E-state index contributed by atoms with van der Waals surface area (Å²) < 4.78 is 13.6. The average Bonchev–Trinajstić information content (AvgIpc) is 3.10. The van der Waals surface area contributed by atoms with Crippen molar-refractivity contribution in [2.24, 2.45) is 0 Å². The van der Waals surface area contributed by atoms with E-state index in [1.54, 1.807) is 6.92 Å². The Kier molecular flexibility index (Phi) is 44.2. The third kappa shape index (κ3) is 46.0. The van der Waals surface area contributed by atoms with E-state index >= 15 is 0 Å². The lowest BCUT2D eigenvalue weighted by Crippen LogP contribution is -2.25. The molecular formula is C40H78O9. The Hall–Kier alpha value is -2.00. The standard InChI is InChI=1S/C19H38O4.C11H22O2.C10H18O3/c1-3-4-5-6-7-8-11-14-17(20)18(21)15-12-9-10-13-16-19(22)23-2;1-3-4-5-6-7-8-9-10-11(12)13-2;1-9(11)7-5-3-4-6-8-10(12)13-2/h17-18,20-21H,3-16H2,1-2H3;3-10H2,1-2H3;3-8H2,1-2H3. The number of methoxy groups -OCH3 is 3. The molecule has 2 atom stereocenters. The van der Waals surface area contributed by atoms with E-state index in [1.807, 2.05) is 0 Å². The first-order valence-corrected chi connectivity index (χ1v) is 19.6. The molecule has 292 valence electrons. The fraction of sp³-hybridized carbons (Fsp3) is 0.900. The molecule has 49 heavy (non-hydrogen) atoms. The minimum Gasteiger partial charge on any atom is -0.469 e. The van der Waals surface area contributed by atoms with E-state index in [9.17, 15) is 29.4 Å². The molecule has 0 aromatic carbocycles. The number of esters is 3. The number of ether oxygens (including phenoxy) is 3. The fourth-order valence-corrected chi connectivity index (χ4v) is 5.20. The molecular weight excluding hydrogens is 624 g/mol. The van der Waals surface area contributed by atoms with Crippen LogP contribution in [0, 0.1) is 0 Å². The number of hydrogen-bond acceptors (Lipinski definition) is 9. The van der Waals surface area contributed by atoms with E-state index in [1.165, 1.54) is 92.0 Å². The van der Waals surface area contributed by atoms with Crippen molar-refractivity contribution in [3.63, 3.8) is 0 Å². The third-order valence-electron chi connectivity index (χ3n) is 8.51. The summed E-state index contributed by atoms with van der Waals surface area (Å²) in [6, 6.07) is 0. The van der Waals surface area contributed by atoms with Crippen LogP contribution in [0.4, 0.5) is 0 Å². The summed E-state index contributed by atoms with van der Waals surface area (Å²) in [6.45, 7) is 6.04. The SMILES string of the molecule is CCCCCCCCCC(=O)OC.CCCCCCCCCC(O)C(O)CCCCCCC(=O)OC.COC(=O)CCCCCCC(C)=O. The predicted octanol–water partition coefficient (Wildman–Crippen LogP) is 9.75. The molecule has 0 saturated carbocycles. The van der Waals surface area contributed by atoms with Crippen LogP contribution in [-0.4, -0.2) is 67.4 Å². The zero-order valence-corrected chi connectivity index (χ0v) is 32.7. The first-order chi connectivity index (χ1) is 23.6. The van der Waals surface area contributed by atoms with E-state index in [2.05, 4.69) is 28.1 Å². The number of aliphatic hydroxyl groups is 2. The van der Waals surface area contributed by atoms with Crippen LogP contribution in [0.3, 0.4) is 0 Å². The molecule has 0 rings (SSSR count). The van der Waals surface area contributed by atoms with Crippen LogP contribution >= 0.6 is 0 Å². The minimum absolute atomic E-state index is 0.0754. The summed E-state index contributed by atoms with van der Waals surface area (Å²) >= 11 is 0. The topological polar surface area (TPSA) is 136 Å². The molecule has 0 radical (unpaired) electrons. The summed E-state index contributed by atoms with van der Waals surface area (Å²) in [7, 11) is 4.26. The van der Waals surface area contributed by atoms with Gasteiger partial charge in [0.25, 0.3) is 0 Å². The molecule has 0 fully saturated rings. The Bertz CT molecular complexity index is 741. The molecule has 9 nitrogen and oxygen atoms in total. The number of unbranched alkanes of at least 4 members (excludes halogenated alkanes) is 18. The first kappa shape index (κ1) is 51.4. The van der Waals surface area contributed by atoms with Crippen LogP contribution in [0.15, 0.2) is 0 Å². The molecule has 0 amide bonds. The monoisotopic (exact) mass is 703 g/mol. The Morgan fingerprint density at radius 2 is 0.653 bits per heavy atom. The molecule has 9 heteroatoms. The van der Waals surface area contributed by atoms with Crippen molar-refractivity contribution in [3.8, 4) is 0 Å². The molecule has 0 spiro atoms. The molecule has 0 bridgehead atoms. The van der Waals surface area contributed by atoms with Crippen molar-refractivity contribution >= 4 is 23.7 Å². The number of Topliss-reactive ketones (excluding diaryl/α,β-unsaturated/α-hetero) is 1. The lowest BCUT2D eigenvalue weighted by Gasteiger charge is -2.17. The Balaban J connectivity index is -0.000000696. The van der Waals surface area contributed by atoms with Crippen molar-refractivity contribution in [1.29, 1.82) is 0 Å². The highest BCUT2D eigenvalue weighted by molar-refractivity contribution is 5.75. The zero-order valence-electron chi connectivity index (χ0n) is 32.7. The van der Waals surface area contributed by atoms with Crippen LogP contribution in [-0.2, 0) is 33.4 Å². The maximum absolute atomic E-state index is 10.9. The highest BCUT2D eigenvalue weighted by atomic mass is 16.5. The largest absolute Gasteiger partial charge is 0.469 e. The van der Waals surface area contributed by atoms with E-state index in [4.69, 9.17) is 0 Å². The molecule has 0 aromatic heterocycles. The van der Waals surface area contributed by atoms with E-state index in [0.29, 0.717) is 38.5 Å². The summed E-state index contributed by atoms with van der Waals surface area (Å²) in [6.07, 6.45) is 27.2. The van der Waals surface area contributed by atoms with Crippen LogP contribution in [0.5, 0.6) is 0 Å².